The van der Waals surface area contributed by atoms with Gasteiger partial charge in [-0.3, -0.25) is 0 Å². The van der Waals surface area contributed by atoms with Gasteiger partial charge >= 0.3 is 0 Å². The van der Waals surface area contributed by atoms with Gasteiger partial charge in [-0.15, -0.1) is 0 Å². The normalized spacial score (nSPS) is 11.2. The fourth-order valence-corrected chi connectivity index (χ4v) is 3.45. The van der Waals surface area contributed by atoms with Crippen molar-refractivity contribution < 1.29 is 13.9 Å². The van der Waals surface area contributed by atoms with E-state index in [1.54, 1.807) is 24.7 Å². The minimum Gasteiger partial charge on any atom is -0.508 e. The topological polar surface area (TPSA) is 64.3 Å². The van der Waals surface area contributed by atoms with Crippen LogP contribution in [0.4, 0.5) is 0 Å². The molecule has 5 heteroatoms. The molecule has 1 N–H and O–H groups in total. The summed E-state index contributed by atoms with van der Waals surface area (Å²) in [6, 6.07) is 14.8. The SMILES string of the molecule is CCCCCCn1c(-c2ccc(O)cc2)nc(-c2ccco2)c1-c1ccco1. The van der Waals surface area contributed by atoms with Gasteiger partial charge in [0, 0.05) is 12.1 Å². The molecule has 28 heavy (non-hydrogen) atoms. The van der Waals surface area contributed by atoms with Gasteiger partial charge in [0.2, 0.25) is 0 Å². The maximum absolute atomic E-state index is 9.68. The molecule has 4 rings (SSSR count). The van der Waals surface area contributed by atoms with E-state index in [2.05, 4.69) is 11.5 Å². The molecule has 4 aromatic rings. The van der Waals surface area contributed by atoms with Gasteiger partial charge in [0.05, 0.1) is 12.5 Å². The number of rotatable bonds is 8. The molecule has 1 aromatic carbocycles. The van der Waals surface area contributed by atoms with Crippen LogP contribution in [0, 0.1) is 0 Å². The number of furan rings is 2. The number of phenols is 1. The Hall–Kier alpha value is -3.21. The molecule has 5 nitrogen and oxygen atoms in total. The Bertz CT molecular complexity index is 997. The second-order valence-electron chi connectivity index (χ2n) is 6.85. The molecule has 0 fully saturated rings. The van der Waals surface area contributed by atoms with E-state index in [0.717, 1.165) is 47.9 Å². The summed E-state index contributed by atoms with van der Waals surface area (Å²) in [5, 5.41) is 9.68. The van der Waals surface area contributed by atoms with Gasteiger partial charge in [0.15, 0.2) is 11.5 Å². The molecule has 0 saturated heterocycles. The molecular weight excluding hydrogens is 352 g/mol. The summed E-state index contributed by atoms with van der Waals surface area (Å²) in [4.78, 5) is 4.93. The maximum Gasteiger partial charge on any atom is 0.154 e. The zero-order valence-electron chi connectivity index (χ0n) is 16.0. The van der Waals surface area contributed by atoms with Crippen LogP contribution in [0.3, 0.4) is 0 Å². The van der Waals surface area contributed by atoms with Gasteiger partial charge in [-0.2, -0.15) is 0 Å². The van der Waals surface area contributed by atoms with Crippen LogP contribution in [0.5, 0.6) is 5.75 Å². The Morgan fingerprint density at radius 2 is 1.61 bits per heavy atom. The summed E-state index contributed by atoms with van der Waals surface area (Å²) in [5.74, 6) is 2.55. The molecular formula is C23H24N2O3. The number of nitrogens with zero attached hydrogens (tertiary/aromatic N) is 2. The van der Waals surface area contributed by atoms with Crippen LogP contribution in [0.25, 0.3) is 34.3 Å². The van der Waals surface area contributed by atoms with Crippen molar-refractivity contribution in [1.82, 2.24) is 9.55 Å². The average molecular weight is 376 g/mol. The third-order valence-electron chi connectivity index (χ3n) is 4.84. The molecule has 144 valence electrons. The van der Waals surface area contributed by atoms with Gasteiger partial charge in [-0.25, -0.2) is 4.98 Å². The largest absolute Gasteiger partial charge is 0.508 e. The van der Waals surface area contributed by atoms with Crippen molar-refractivity contribution in [3.63, 3.8) is 0 Å². The van der Waals surface area contributed by atoms with E-state index < -0.39 is 0 Å². The zero-order chi connectivity index (χ0) is 19.3. The van der Waals surface area contributed by atoms with Gasteiger partial charge in [-0.1, -0.05) is 26.2 Å². The van der Waals surface area contributed by atoms with Crippen LogP contribution in [0.2, 0.25) is 0 Å². The van der Waals surface area contributed by atoms with Crippen molar-refractivity contribution in [2.24, 2.45) is 0 Å². The lowest BCUT2D eigenvalue weighted by Crippen LogP contribution is -2.03. The van der Waals surface area contributed by atoms with E-state index in [1.807, 2.05) is 36.4 Å². The number of hydrogen-bond donors (Lipinski definition) is 1. The van der Waals surface area contributed by atoms with E-state index in [1.165, 1.54) is 12.8 Å². The maximum atomic E-state index is 9.68. The molecule has 0 radical (unpaired) electrons. The van der Waals surface area contributed by atoms with Crippen molar-refractivity contribution >= 4 is 0 Å². The fraction of sp³-hybridized carbons (Fsp3) is 0.261. The number of unbranched alkanes of at least 4 members (excludes halogenated alkanes) is 3. The van der Waals surface area contributed by atoms with E-state index in [9.17, 15) is 5.11 Å². The summed E-state index contributed by atoms with van der Waals surface area (Å²) in [7, 11) is 0. The van der Waals surface area contributed by atoms with Crippen molar-refractivity contribution in [2.75, 3.05) is 0 Å². The minimum atomic E-state index is 0.238. The number of aromatic hydroxyl groups is 1. The second kappa shape index (κ2) is 8.21. The predicted octanol–water partition coefficient (Wildman–Crippen LogP) is 6.36. The second-order valence-corrected chi connectivity index (χ2v) is 6.85. The molecule has 0 saturated carbocycles. The fourth-order valence-electron chi connectivity index (χ4n) is 3.45. The van der Waals surface area contributed by atoms with Gasteiger partial charge in [0.25, 0.3) is 0 Å². The average Bonchev–Trinajstić information content (AvgIpc) is 3.46. The van der Waals surface area contributed by atoms with E-state index in [0.29, 0.717) is 5.76 Å². The van der Waals surface area contributed by atoms with Crippen LogP contribution in [-0.4, -0.2) is 14.7 Å². The lowest BCUT2D eigenvalue weighted by Gasteiger charge is -2.11. The predicted molar refractivity (Wildman–Crippen MR) is 109 cm³/mol. The summed E-state index contributed by atoms with van der Waals surface area (Å²) in [6.45, 7) is 3.04. The highest BCUT2D eigenvalue weighted by Gasteiger charge is 2.24. The van der Waals surface area contributed by atoms with E-state index >= 15 is 0 Å². The summed E-state index contributed by atoms with van der Waals surface area (Å²) in [5.41, 5.74) is 2.62. The molecule has 0 amide bonds. The smallest absolute Gasteiger partial charge is 0.154 e. The van der Waals surface area contributed by atoms with E-state index in [4.69, 9.17) is 13.8 Å². The zero-order valence-corrected chi connectivity index (χ0v) is 16.0. The lowest BCUT2D eigenvalue weighted by molar-refractivity contribution is 0.475. The molecule has 0 aliphatic rings. The first-order valence-electron chi connectivity index (χ1n) is 9.75. The van der Waals surface area contributed by atoms with Crippen LogP contribution >= 0.6 is 0 Å². The lowest BCUT2D eigenvalue weighted by atomic mass is 10.1. The third-order valence-corrected chi connectivity index (χ3v) is 4.84. The Morgan fingerprint density at radius 1 is 0.893 bits per heavy atom. The third kappa shape index (κ3) is 3.60. The Labute approximate surface area is 164 Å². The van der Waals surface area contributed by atoms with Gasteiger partial charge < -0.3 is 18.5 Å². The van der Waals surface area contributed by atoms with Gasteiger partial charge in [-0.05, 0) is 55.0 Å². The number of hydrogen-bond acceptors (Lipinski definition) is 4. The Morgan fingerprint density at radius 3 is 2.25 bits per heavy atom. The number of imidazole rings is 1. The van der Waals surface area contributed by atoms with Crippen molar-refractivity contribution in [1.29, 1.82) is 0 Å². The van der Waals surface area contributed by atoms with Crippen LogP contribution < -0.4 is 0 Å². The molecule has 0 aliphatic heterocycles. The number of aromatic nitrogens is 2. The minimum absolute atomic E-state index is 0.238. The molecule has 0 unspecified atom stereocenters. The van der Waals surface area contributed by atoms with Crippen molar-refractivity contribution in [3.05, 3.63) is 61.1 Å². The number of phenolic OH excluding ortho intramolecular Hbond substituents is 1. The quantitative estimate of drug-likeness (QED) is 0.364. The first-order valence-corrected chi connectivity index (χ1v) is 9.75. The Balaban J connectivity index is 1.86. The van der Waals surface area contributed by atoms with E-state index in [-0.39, 0.29) is 5.75 Å². The molecule has 0 atom stereocenters. The van der Waals surface area contributed by atoms with Crippen LogP contribution in [0.1, 0.15) is 32.6 Å². The molecule has 3 aromatic heterocycles. The first-order chi connectivity index (χ1) is 13.8. The first kappa shape index (κ1) is 18.2. The highest BCUT2D eigenvalue weighted by Crippen LogP contribution is 2.37. The summed E-state index contributed by atoms with van der Waals surface area (Å²) in [6.07, 6.45) is 7.96. The highest BCUT2D eigenvalue weighted by molar-refractivity contribution is 5.78. The van der Waals surface area contributed by atoms with Gasteiger partial charge in [0.1, 0.15) is 23.0 Å². The number of benzene rings is 1. The standard InChI is InChI=1S/C23H24N2O3/c1-2-3-4-5-14-25-22(20-9-7-16-28-20)21(19-8-6-15-27-19)24-23(25)17-10-12-18(26)13-11-17/h6-13,15-16,26H,2-5,14H2,1H3. The monoisotopic (exact) mass is 376 g/mol. The van der Waals surface area contributed by atoms with Crippen molar-refractivity contribution in [2.45, 2.75) is 39.2 Å². The molecule has 3 heterocycles. The van der Waals surface area contributed by atoms with Crippen LogP contribution in [-0.2, 0) is 6.54 Å². The molecule has 0 bridgehead atoms. The summed E-state index contributed by atoms with van der Waals surface area (Å²) >= 11 is 0. The summed E-state index contributed by atoms with van der Waals surface area (Å²) < 4.78 is 13.6. The van der Waals surface area contributed by atoms with Crippen LogP contribution in [0.15, 0.2) is 69.9 Å². The Kier molecular flexibility index (Phi) is 5.33. The van der Waals surface area contributed by atoms with Crippen molar-refractivity contribution in [3.8, 4) is 40.0 Å². The highest BCUT2D eigenvalue weighted by atomic mass is 16.3. The molecule has 0 spiro atoms. The molecule has 0 aliphatic carbocycles.